The Morgan fingerprint density at radius 2 is 1.95 bits per heavy atom. The zero-order valence-electron chi connectivity index (χ0n) is 12.8. The topological polar surface area (TPSA) is 34.1 Å². The van der Waals surface area contributed by atoms with Gasteiger partial charge in [-0.25, -0.2) is 0 Å². The Balaban J connectivity index is 2.27. The van der Waals surface area contributed by atoms with Crippen LogP contribution >= 0.6 is 0 Å². The maximum absolute atomic E-state index is 5.67. The van der Waals surface area contributed by atoms with Gasteiger partial charge in [-0.3, -0.25) is 4.98 Å². The number of rotatable bonds is 8. The Morgan fingerprint density at radius 3 is 2.53 bits per heavy atom. The van der Waals surface area contributed by atoms with E-state index < -0.39 is 0 Å². The molecule has 0 aliphatic heterocycles. The molecular weight excluding hydrogens is 236 g/mol. The first kappa shape index (κ1) is 16.0. The van der Waals surface area contributed by atoms with Gasteiger partial charge in [-0.15, -0.1) is 0 Å². The average molecular weight is 264 g/mol. The zero-order chi connectivity index (χ0) is 14.1. The Morgan fingerprint density at radius 1 is 1.16 bits per heavy atom. The maximum Gasteiger partial charge on any atom is 0.137 e. The van der Waals surface area contributed by atoms with E-state index in [1.807, 2.05) is 18.3 Å². The van der Waals surface area contributed by atoms with Gasteiger partial charge in [0, 0.05) is 12.1 Å². The van der Waals surface area contributed by atoms with Crippen LogP contribution in [0.5, 0.6) is 5.75 Å². The highest BCUT2D eigenvalue weighted by Gasteiger charge is 2.08. The van der Waals surface area contributed by atoms with E-state index in [2.05, 4.69) is 38.0 Å². The smallest absolute Gasteiger partial charge is 0.137 e. The van der Waals surface area contributed by atoms with Crippen molar-refractivity contribution in [1.29, 1.82) is 0 Å². The van der Waals surface area contributed by atoms with Crippen LogP contribution in [-0.2, 0) is 6.54 Å². The Hall–Kier alpha value is -1.09. The molecule has 0 aliphatic carbocycles. The van der Waals surface area contributed by atoms with E-state index >= 15 is 0 Å². The number of ether oxygens (including phenoxy) is 1. The van der Waals surface area contributed by atoms with Gasteiger partial charge in [0.25, 0.3) is 0 Å². The third-order valence-corrected chi connectivity index (χ3v) is 2.86. The molecule has 0 amide bonds. The molecule has 0 fully saturated rings. The molecular formula is C16H28N2O. The molecule has 19 heavy (non-hydrogen) atoms. The van der Waals surface area contributed by atoms with E-state index in [0.29, 0.717) is 0 Å². The van der Waals surface area contributed by atoms with E-state index in [0.717, 1.165) is 31.0 Å². The number of hydrogen-bond acceptors (Lipinski definition) is 3. The number of unbranched alkanes of at least 4 members (excludes halogenated alkanes) is 3. The van der Waals surface area contributed by atoms with Gasteiger partial charge in [-0.05, 0) is 39.3 Å². The average Bonchev–Trinajstić information content (AvgIpc) is 2.37. The van der Waals surface area contributed by atoms with Crippen LogP contribution in [0.2, 0.25) is 0 Å². The van der Waals surface area contributed by atoms with Crippen LogP contribution in [0.3, 0.4) is 0 Å². The monoisotopic (exact) mass is 264 g/mol. The number of nitrogens with one attached hydrogen (secondary N) is 1. The highest BCUT2D eigenvalue weighted by Crippen LogP contribution is 2.11. The molecule has 0 saturated heterocycles. The number of pyridine rings is 1. The second-order valence-electron chi connectivity index (χ2n) is 6.00. The van der Waals surface area contributed by atoms with Gasteiger partial charge in [0.05, 0.1) is 18.5 Å². The largest absolute Gasteiger partial charge is 0.492 e. The van der Waals surface area contributed by atoms with E-state index in [1.54, 1.807) is 0 Å². The van der Waals surface area contributed by atoms with Crippen molar-refractivity contribution in [2.75, 3.05) is 6.61 Å². The summed E-state index contributed by atoms with van der Waals surface area (Å²) < 4.78 is 5.67. The Bertz CT molecular complexity index is 341. The van der Waals surface area contributed by atoms with Crippen LogP contribution in [0.15, 0.2) is 18.3 Å². The van der Waals surface area contributed by atoms with E-state index in [4.69, 9.17) is 4.74 Å². The second-order valence-corrected chi connectivity index (χ2v) is 6.00. The van der Waals surface area contributed by atoms with Crippen molar-refractivity contribution in [1.82, 2.24) is 10.3 Å². The summed E-state index contributed by atoms with van der Waals surface area (Å²) in [5.74, 6) is 0.871. The number of hydrogen-bond donors (Lipinski definition) is 1. The third kappa shape index (κ3) is 7.83. The Kier molecular flexibility index (Phi) is 6.85. The van der Waals surface area contributed by atoms with Gasteiger partial charge >= 0.3 is 0 Å². The molecule has 1 rings (SSSR count). The molecule has 3 heteroatoms. The fourth-order valence-electron chi connectivity index (χ4n) is 1.68. The van der Waals surface area contributed by atoms with Crippen LogP contribution < -0.4 is 10.1 Å². The first-order valence-electron chi connectivity index (χ1n) is 7.34. The summed E-state index contributed by atoms with van der Waals surface area (Å²) in [6.07, 6.45) is 6.74. The molecule has 0 atom stereocenters. The molecule has 108 valence electrons. The molecule has 1 aromatic heterocycles. The van der Waals surface area contributed by atoms with Gasteiger partial charge < -0.3 is 10.1 Å². The van der Waals surface area contributed by atoms with Crippen LogP contribution in [0.25, 0.3) is 0 Å². The summed E-state index contributed by atoms with van der Waals surface area (Å²) in [5.41, 5.74) is 1.17. The van der Waals surface area contributed by atoms with Gasteiger partial charge in [0.2, 0.25) is 0 Å². The van der Waals surface area contributed by atoms with Crippen molar-refractivity contribution in [2.24, 2.45) is 0 Å². The van der Waals surface area contributed by atoms with Crippen molar-refractivity contribution in [3.8, 4) is 5.75 Å². The van der Waals surface area contributed by atoms with Crippen molar-refractivity contribution >= 4 is 0 Å². The molecule has 0 spiro atoms. The lowest BCUT2D eigenvalue weighted by molar-refractivity contribution is 0.303. The van der Waals surface area contributed by atoms with Crippen molar-refractivity contribution < 1.29 is 4.74 Å². The summed E-state index contributed by atoms with van der Waals surface area (Å²) >= 11 is 0. The number of aromatic nitrogens is 1. The first-order chi connectivity index (χ1) is 9.01. The van der Waals surface area contributed by atoms with Crippen LogP contribution in [-0.4, -0.2) is 17.1 Å². The summed E-state index contributed by atoms with van der Waals surface area (Å²) in [7, 11) is 0. The lowest BCUT2D eigenvalue weighted by Gasteiger charge is -2.20. The predicted molar refractivity (Wildman–Crippen MR) is 80.5 cm³/mol. The highest BCUT2D eigenvalue weighted by atomic mass is 16.5. The quantitative estimate of drug-likeness (QED) is 0.722. The molecule has 3 nitrogen and oxygen atoms in total. The molecule has 0 aromatic carbocycles. The van der Waals surface area contributed by atoms with Crippen molar-refractivity contribution in [3.63, 3.8) is 0 Å². The van der Waals surface area contributed by atoms with Gasteiger partial charge in [0.1, 0.15) is 5.75 Å². The molecule has 1 aromatic rings. The van der Waals surface area contributed by atoms with Gasteiger partial charge in [0.15, 0.2) is 0 Å². The molecule has 1 N–H and O–H groups in total. The van der Waals surface area contributed by atoms with Crippen molar-refractivity contribution in [2.45, 2.75) is 65.5 Å². The van der Waals surface area contributed by atoms with Crippen LogP contribution in [0.4, 0.5) is 0 Å². The molecule has 0 unspecified atom stereocenters. The zero-order valence-corrected chi connectivity index (χ0v) is 12.8. The van der Waals surface area contributed by atoms with Gasteiger partial charge in [-0.1, -0.05) is 26.2 Å². The summed E-state index contributed by atoms with van der Waals surface area (Å²) in [4.78, 5) is 4.41. The predicted octanol–water partition coefficient (Wildman–Crippen LogP) is 3.93. The van der Waals surface area contributed by atoms with Crippen molar-refractivity contribution in [3.05, 3.63) is 24.0 Å². The minimum atomic E-state index is 0.121. The minimum absolute atomic E-state index is 0.121. The van der Waals surface area contributed by atoms with Crippen LogP contribution in [0.1, 0.15) is 59.1 Å². The molecule has 0 saturated carbocycles. The lowest BCUT2D eigenvalue weighted by atomic mass is 10.1. The first-order valence-corrected chi connectivity index (χ1v) is 7.34. The second kappa shape index (κ2) is 8.16. The fourth-order valence-corrected chi connectivity index (χ4v) is 1.68. The summed E-state index contributed by atoms with van der Waals surface area (Å²) in [5, 5.41) is 3.42. The molecule has 0 radical (unpaired) electrons. The Labute approximate surface area is 117 Å². The molecule has 0 bridgehead atoms. The maximum atomic E-state index is 5.67. The summed E-state index contributed by atoms with van der Waals surface area (Å²) in [6, 6.07) is 4.03. The third-order valence-electron chi connectivity index (χ3n) is 2.86. The normalized spacial score (nSPS) is 11.6. The standard InChI is InChI=1S/C16H28N2O/c1-5-6-7-8-11-19-15-10-9-14(17-13-15)12-18-16(2,3)4/h9-10,13,18H,5-8,11-12H2,1-4H3. The number of nitrogens with zero attached hydrogens (tertiary/aromatic N) is 1. The minimum Gasteiger partial charge on any atom is -0.492 e. The highest BCUT2D eigenvalue weighted by molar-refractivity contribution is 5.19. The fraction of sp³-hybridized carbons (Fsp3) is 0.688. The molecule has 0 aliphatic rings. The summed E-state index contributed by atoms with van der Waals surface area (Å²) in [6.45, 7) is 10.3. The SMILES string of the molecule is CCCCCCOc1ccc(CNC(C)(C)C)nc1. The van der Waals surface area contributed by atoms with Crippen LogP contribution in [0, 0.1) is 0 Å². The van der Waals surface area contributed by atoms with E-state index in [-0.39, 0.29) is 5.54 Å². The van der Waals surface area contributed by atoms with E-state index in [1.165, 1.54) is 19.3 Å². The lowest BCUT2D eigenvalue weighted by Crippen LogP contribution is -2.35. The van der Waals surface area contributed by atoms with Gasteiger partial charge in [-0.2, -0.15) is 0 Å². The van der Waals surface area contributed by atoms with E-state index in [9.17, 15) is 0 Å². The molecule has 1 heterocycles.